The molecule has 34 heavy (non-hydrogen) atoms. The number of allylic oxidation sites excluding steroid dienone is 3. The number of esters is 2. The van der Waals surface area contributed by atoms with Gasteiger partial charge in [-0.3, -0.25) is 9.59 Å². The van der Waals surface area contributed by atoms with Crippen molar-refractivity contribution in [3.63, 3.8) is 0 Å². The molecule has 0 saturated heterocycles. The molecule has 0 amide bonds. The number of hydrogen-bond acceptors (Lipinski definition) is 7. The molecule has 0 saturated carbocycles. The van der Waals surface area contributed by atoms with Crippen molar-refractivity contribution in [3.8, 4) is 5.75 Å². The summed E-state index contributed by atoms with van der Waals surface area (Å²) in [4.78, 5) is 39.7. The number of Topliss-reactive ketones (excluding diaryl/α,β-unsaturated/α-hetero) is 1. The highest BCUT2D eigenvalue weighted by molar-refractivity contribution is 6.12. The van der Waals surface area contributed by atoms with Gasteiger partial charge in [-0.1, -0.05) is 38.5 Å². The highest BCUT2D eigenvalue weighted by Crippen LogP contribution is 2.47. The van der Waals surface area contributed by atoms with Crippen molar-refractivity contribution in [1.82, 2.24) is 5.32 Å². The van der Waals surface area contributed by atoms with E-state index in [9.17, 15) is 14.4 Å². The van der Waals surface area contributed by atoms with Gasteiger partial charge < -0.3 is 19.5 Å². The molecule has 3 atom stereocenters. The lowest BCUT2D eigenvalue weighted by atomic mass is 9.69. The first-order valence-corrected chi connectivity index (χ1v) is 12.0. The van der Waals surface area contributed by atoms with E-state index in [0.717, 1.165) is 18.5 Å². The third kappa shape index (κ3) is 5.03. The largest absolute Gasteiger partial charge is 0.493 e. The lowest BCUT2D eigenvalue weighted by molar-refractivity contribution is -0.151. The monoisotopic (exact) mass is 469 g/mol. The zero-order valence-electron chi connectivity index (χ0n) is 20.9. The fourth-order valence-electron chi connectivity index (χ4n) is 4.72. The molecule has 1 aliphatic heterocycles. The first-order chi connectivity index (χ1) is 16.2. The van der Waals surface area contributed by atoms with Crippen LogP contribution in [-0.2, 0) is 23.9 Å². The first-order valence-electron chi connectivity index (χ1n) is 12.0. The average Bonchev–Trinajstić information content (AvgIpc) is 2.77. The molecule has 0 aromatic heterocycles. The van der Waals surface area contributed by atoms with Gasteiger partial charge in [-0.2, -0.15) is 0 Å². The third-order valence-electron chi connectivity index (χ3n) is 6.29. The summed E-state index contributed by atoms with van der Waals surface area (Å²) in [7, 11) is 1.29. The number of dihydropyridines is 1. The fraction of sp³-hybridized carbons (Fsp3) is 0.519. The number of benzene rings is 1. The molecule has 3 unspecified atom stereocenters. The lowest BCUT2D eigenvalue weighted by Gasteiger charge is -2.38. The predicted molar refractivity (Wildman–Crippen MR) is 128 cm³/mol. The molecule has 1 heterocycles. The molecular weight excluding hydrogens is 434 g/mol. The summed E-state index contributed by atoms with van der Waals surface area (Å²) in [6.07, 6.45) is 2.02. The number of hydrogen-bond donors (Lipinski definition) is 1. The van der Waals surface area contributed by atoms with E-state index >= 15 is 0 Å². The molecule has 0 spiro atoms. The van der Waals surface area contributed by atoms with Crippen molar-refractivity contribution < 1.29 is 28.6 Å². The molecule has 1 aliphatic carbocycles. The van der Waals surface area contributed by atoms with Crippen LogP contribution in [0.25, 0.3) is 0 Å². The van der Waals surface area contributed by atoms with Crippen LogP contribution in [0.15, 0.2) is 46.8 Å². The van der Waals surface area contributed by atoms with Gasteiger partial charge in [-0.15, -0.1) is 0 Å². The van der Waals surface area contributed by atoms with Gasteiger partial charge in [0.2, 0.25) is 0 Å². The number of carbonyl (C=O) groups is 3. The molecule has 1 aromatic carbocycles. The van der Waals surface area contributed by atoms with Crippen molar-refractivity contribution >= 4 is 17.7 Å². The summed E-state index contributed by atoms with van der Waals surface area (Å²) in [6, 6.07) is 7.45. The van der Waals surface area contributed by atoms with Gasteiger partial charge in [0.15, 0.2) is 5.78 Å². The van der Waals surface area contributed by atoms with E-state index in [4.69, 9.17) is 14.2 Å². The molecule has 0 fully saturated rings. The van der Waals surface area contributed by atoms with Crippen LogP contribution >= 0.6 is 0 Å². The van der Waals surface area contributed by atoms with Crippen LogP contribution in [0, 0.1) is 11.8 Å². The van der Waals surface area contributed by atoms with Crippen LogP contribution in [0.3, 0.4) is 0 Å². The molecule has 1 aromatic rings. The van der Waals surface area contributed by atoms with Gasteiger partial charge in [0.05, 0.1) is 31.3 Å². The van der Waals surface area contributed by atoms with E-state index in [0.29, 0.717) is 41.2 Å². The van der Waals surface area contributed by atoms with Gasteiger partial charge in [-0.05, 0) is 45.6 Å². The molecule has 0 bridgehead atoms. The van der Waals surface area contributed by atoms with Gasteiger partial charge in [-0.25, -0.2) is 4.79 Å². The van der Waals surface area contributed by atoms with E-state index < -0.39 is 23.8 Å². The molecular formula is C27H35NO6. The van der Waals surface area contributed by atoms with Crippen molar-refractivity contribution in [1.29, 1.82) is 0 Å². The molecule has 184 valence electrons. The maximum atomic E-state index is 13.8. The van der Waals surface area contributed by atoms with E-state index in [1.807, 2.05) is 38.1 Å². The summed E-state index contributed by atoms with van der Waals surface area (Å²) in [5.74, 6) is -2.66. The Morgan fingerprint density at radius 3 is 2.56 bits per heavy atom. The Morgan fingerprint density at radius 2 is 1.91 bits per heavy atom. The third-order valence-corrected chi connectivity index (χ3v) is 6.29. The number of ketones is 1. The fourth-order valence-corrected chi connectivity index (χ4v) is 4.72. The van der Waals surface area contributed by atoms with Crippen LogP contribution in [0.1, 0.15) is 65.4 Å². The number of methoxy groups -OCH3 is 1. The summed E-state index contributed by atoms with van der Waals surface area (Å²) < 4.78 is 16.6. The highest BCUT2D eigenvalue weighted by atomic mass is 16.5. The first kappa shape index (κ1) is 25.5. The topological polar surface area (TPSA) is 90.9 Å². The second kappa shape index (κ2) is 10.9. The second-order valence-electron chi connectivity index (χ2n) is 9.23. The minimum atomic E-state index is -0.929. The van der Waals surface area contributed by atoms with E-state index in [2.05, 4.69) is 12.2 Å². The molecule has 3 rings (SSSR count). The molecule has 7 nitrogen and oxygen atoms in total. The lowest BCUT2D eigenvalue weighted by Crippen LogP contribution is -2.43. The number of para-hydroxylation sites is 1. The Bertz CT molecular complexity index is 1020. The van der Waals surface area contributed by atoms with Crippen LogP contribution in [-0.4, -0.2) is 37.5 Å². The zero-order valence-corrected chi connectivity index (χ0v) is 20.9. The van der Waals surface area contributed by atoms with Crippen LogP contribution in [0.4, 0.5) is 0 Å². The van der Waals surface area contributed by atoms with Crippen molar-refractivity contribution in [3.05, 3.63) is 52.4 Å². The zero-order chi connectivity index (χ0) is 25.0. The van der Waals surface area contributed by atoms with Crippen LogP contribution in [0.5, 0.6) is 5.75 Å². The maximum absolute atomic E-state index is 13.8. The van der Waals surface area contributed by atoms with Crippen LogP contribution in [0.2, 0.25) is 0 Å². The molecule has 2 aliphatic rings. The number of carbonyl (C=O) groups excluding carboxylic acids is 3. The van der Waals surface area contributed by atoms with E-state index in [-0.39, 0.29) is 17.8 Å². The van der Waals surface area contributed by atoms with Gasteiger partial charge in [0.1, 0.15) is 11.7 Å². The summed E-state index contributed by atoms with van der Waals surface area (Å²) in [5.41, 5.74) is 2.82. The normalized spacial score (nSPS) is 22.3. The molecule has 7 heteroatoms. The Morgan fingerprint density at radius 1 is 1.21 bits per heavy atom. The Balaban J connectivity index is 2.19. The Hall–Kier alpha value is -3.09. The van der Waals surface area contributed by atoms with E-state index in [1.54, 1.807) is 13.8 Å². The van der Waals surface area contributed by atoms with Crippen molar-refractivity contribution in [2.45, 2.75) is 65.9 Å². The highest BCUT2D eigenvalue weighted by Gasteiger charge is 2.47. The summed E-state index contributed by atoms with van der Waals surface area (Å²) in [5, 5.41) is 3.28. The van der Waals surface area contributed by atoms with Gasteiger partial charge in [0, 0.05) is 22.5 Å². The quantitative estimate of drug-likeness (QED) is 0.342. The maximum Gasteiger partial charge on any atom is 0.337 e. The standard InChI is InChI=1S/C27H35NO6/c1-7-8-13-33-20-12-10-9-11-18(20)23-22(27(31)34-15(2)3)17(5)28-19-14-16(4)21(26(30)32-6)25(29)24(19)23/h9-12,15-16,21,23,28H,7-8,13-14H2,1-6H3. The smallest absolute Gasteiger partial charge is 0.337 e. The second-order valence-corrected chi connectivity index (χ2v) is 9.23. The predicted octanol–water partition coefficient (Wildman–Crippen LogP) is 4.43. The number of ether oxygens (including phenoxy) is 3. The minimum absolute atomic E-state index is 0.236. The summed E-state index contributed by atoms with van der Waals surface area (Å²) >= 11 is 0. The number of unbranched alkanes of at least 4 members (excludes halogenated alkanes) is 1. The average molecular weight is 470 g/mol. The Kier molecular flexibility index (Phi) is 8.18. The van der Waals surface area contributed by atoms with Gasteiger partial charge in [0.25, 0.3) is 0 Å². The number of nitrogens with one attached hydrogen (secondary N) is 1. The number of rotatable bonds is 8. The SMILES string of the molecule is CCCCOc1ccccc1C1C(C(=O)OC(C)C)=C(C)NC2=C1C(=O)C(C(=O)OC)C(C)C2. The molecule has 0 radical (unpaired) electrons. The molecule has 1 N–H and O–H groups in total. The van der Waals surface area contributed by atoms with Crippen molar-refractivity contribution in [2.24, 2.45) is 11.8 Å². The van der Waals surface area contributed by atoms with Gasteiger partial charge >= 0.3 is 11.9 Å². The van der Waals surface area contributed by atoms with Crippen LogP contribution < -0.4 is 10.1 Å². The minimum Gasteiger partial charge on any atom is -0.493 e. The van der Waals surface area contributed by atoms with E-state index in [1.165, 1.54) is 7.11 Å². The summed E-state index contributed by atoms with van der Waals surface area (Å²) in [6.45, 7) is 9.85. The Labute approximate surface area is 201 Å². The van der Waals surface area contributed by atoms with Crippen molar-refractivity contribution in [2.75, 3.05) is 13.7 Å².